The summed E-state index contributed by atoms with van der Waals surface area (Å²) in [5.74, 6) is 2.05. The topological polar surface area (TPSA) is 72.7 Å². The van der Waals surface area contributed by atoms with Gasteiger partial charge < -0.3 is 20.1 Å². The first-order valence-corrected chi connectivity index (χ1v) is 9.88. The molecule has 160 valence electrons. The van der Waals surface area contributed by atoms with Crippen molar-refractivity contribution in [1.29, 1.82) is 0 Å². The number of fused-ring (bicyclic) bond motifs is 1. The van der Waals surface area contributed by atoms with Crippen LogP contribution in [0.3, 0.4) is 0 Å². The number of aryl methyl sites for hydroxylation is 2. The molecule has 29 heavy (non-hydrogen) atoms. The van der Waals surface area contributed by atoms with Gasteiger partial charge in [0.1, 0.15) is 0 Å². The fourth-order valence-electron chi connectivity index (χ4n) is 3.31. The lowest BCUT2D eigenvalue weighted by molar-refractivity contribution is 0.174. The van der Waals surface area contributed by atoms with Crippen molar-refractivity contribution in [3.8, 4) is 11.5 Å². The van der Waals surface area contributed by atoms with Crippen molar-refractivity contribution < 1.29 is 9.47 Å². The maximum absolute atomic E-state index is 6.26. The first kappa shape index (κ1) is 23.6. The van der Waals surface area contributed by atoms with E-state index < -0.39 is 0 Å². The van der Waals surface area contributed by atoms with Crippen molar-refractivity contribution in [2.45, 2.75) is 46.7 Å². The minimum atomic E-state index is 0. The molecule has 0 aliphatic carbocycles. The second kappa shape index (κ2) is 10.4. The minimum absolute atomic E-state index is 0. The third-order valence-electron chi connectivity index (χ3n) is 4.80. The van der Waals surface area contributed by atoms with Gasteiger partial charge in [-0.1, -0.05) is 11.6 Å². The predicted molar refractivity (Wildman–Crippen MR) is 127 cm³/mol. The normalized spacial score (nSPS) is 13.8. The van der Waals surface area contributed by atoms with E-state index in [9.17, 15) is 0 Å². The van der Waals surface area contributed by atoms with Crippen LogP contribution in [0, 0.1) is 13.8 Å². The quantitative estimate of drug-likeness (QED) is 0.336. The molecule has 0 amide bonds. The van der Waals surface area contributed by atoms with Crippen LogP contribution in [0.1, 0.15) is 36.4 Å². The molecule has 0 radical (unpaired) electrons. The summed E-state index contributed by atoms with van der Waals surface area (Å²) in [4.78, 5) is 4.70. The lowest BCUT2D eigenvalue weighted by Gasteiger charge is -2.18. The van der Waals surface area contributed by atoms with E-state index in [0.717, 1.165) is 30.2 Å². The molecule has 2 heterocycles. The molecule has 3 rings (SSSR count). The first-order valence-electron chi connectivity index (χ1n) is 9.51. The van der Waals surface area contributed by atoms with E-state index in [0.29, 0.717) is 23.1 Å². The predicted octanol–water partition coefficient (Wildman–Crippen LogP) is 3.72. The number of rotatable bonds is 6. The largest absolute Gasteiger partial charge is 0.454 e. The van der Waals surface area contributed by atoms with Gasteiger partial charge in [-0.15, -0.1) is 24.0 Å². The molecule has 1 unspecified atom stereocenters. The van der Waals surface area contributed by atoms with Crippen LogP contribution in [-0.4, -0.2) is 35.1 Å². The molecule has 0 saturated heterocycles. The number of aromatic nitrogens is 2. The first-order chi connectivity index (χ1) is 13.4. The molecule has 7 nitrogen and oxygen atoms in total. The highest BCUT2D eigenvalue weighted by molar-refractivity contribution is 14.0. The SMILES string of the molecule is CCNC(=NCc1cc(Cl)c2c(c1)OCO2)NC(C)Cc1c(C)nn(C)c1C.I. The summed E-state index contributed by atoms with van der Waals surface area (Å²) < 4.78 is 12.7. The van der Waals surface area contributed by atoms with Crippen LogP contribution >= 0.6 is 35.6 Å². The van der Waals surface area contributed by atoms with Gasteiger partial charge in [0.2, 0.25) is 6.79 Å². The van der Waals surface area contributed by atoms with E-state index in [1.807, 2.05) is 23.9 Å². The Labute approximate surface area is 194 Å². The lowest BCUT2D eigenvalue weighted by atomic mass is 10.1. The van der Waals surface area contributed by atoms with E-state index in [2.05, 4.69) is 43.4 Å². The van der Waals surface area contributed by atoms with Crippen LogP contribution in [0.2, 0.25) is 5.02 Å². The highest BCUT2D eigenvalue weighted by atomic mass is 127. The Bertz CT molecular complexity index is 884. The molecule has 1 aromatic carbocycles. The Morgan fingerprint density at radius 2 is 2.10 bits per heavy atom. The average Bonchev–Trinajstić information content (AvgIpc) is 3.20. The van der Waals surface area contributed by atoms with Gasteiger partial charge in [-0.2, -0.15) is 5.10 Å². The third-order valence-corrected chi connectivity index (χ3v) is 5.08. The highest BCUT2D eigenvalue weighted by Crippen LogP contribution is 2.39. The molecule has 1 aliphatic heterocycles. The van der Waals surface area contributed by atoms with Crippen LogP contribution in [-0.2, 0) is 20.0 Å². The maximum Gasteiger partial charge on any atom is 0.231 e. The molecule has 1 aliphatic rings. The number of benzene rings is 1. The molecular formula is C20H29ClIN5O2. The monoisotopic (exact) mass is 533 g/mol. The number of hydrogen-bond acceptors (Lipinski definition) is 4. The molecule has 9 heteroatoms. The van der Waals surface area contributed by atoms with E-state index in [4.69, 9.17) is 26.1 Å². The van der Waals surface area contributed by atoms with Crippen LogP contribution in [0.25, 0.3) is 0 Å². The Kier molecular flexibility index (Phi) is 8.45. The third kappa shape index (κ3) is 5.69. The fraction of sp³-hybridized carbons (Fsp3) is 0.500. The number of halogens is 2. The van der Waals surface area contributed by atoms with Gasteiger partial charge in [-0.3, -0.25) is 4.68 Å². The minimum Gasteiger partial charge on any atom is -0.454 e. The van der Waals surface area contributed by atoms with Gasteiger partial charge in [0, 0.05) is 25.3 Å². The Balaban J connectivity index is 0.00000300. The van der Waals surface area contributed by atoms with Crippen molar-refractivity contribution in [3.05, 3.63) is 39.7 Å². The summed E-state index contributed by atoms with van der Waals surface area (Å²) in [5, 5.41) is 11.8. The number of ether oxygens (including phenoxy) is 2. The van der Waals surface area contributed by atoms with Crippen molar-refractivity contribution >= 4 is 41.5 Å². The second-order valence-electron chi connectivity index (χ2n) is 7.03. The molecule has 2 N–H and O–H groups in total. The number of nitrogens with zero attached hydrogens (tertiary/aromatic N) is 3. The van der Waals surface area contributed by atoms with Crippen molar-refractivity contribution in [3.63, 3.8) is 0 Å². The smallest absolute Gasteiger partial charge is 0.231 e. The molecule has 1 aromatic heterocycles. The number of aliphatic imine (C=N–C) groups is 1. The van der Waals surface area contributed by atoms with Crippen molar-refractivity contribution in [2.24, 2.45) is 12.0 Å². The van der Waals surface area contributed by atoms with Gasteiger partial charge in [0.25, 0.3) is 0 Å². The Hall–Kier alpha value is -1.68. The Morgan fingerprint density at radius 1 is 1.34 bits per heavy atom. The molecule has 0 fully saturated rings. The van der Waals surface area contributed by atoms with Gasteiger partial charge in [-0.05, 0) is 57.4 Å². The van der Waals surface area contributed by atoms with Crippen LogP contribution in [0.15, 0.2) is 17.1 Å². The number of nitrogens with one attached hydrogen (secondary N) is 2. The average molecular weight is 534 g/mol. The van der Waals surface area contributed by atoms with E-state index >= 15 is 0 Å². The zero-order valence-electron chi connectivity index (χ0n) is 17.5. The van der Waals surface area contributed by atoms with Gasteiger partial charge in [-0.25, -0.2) is 4.99 Å². The summed E-state index contributed by atoms with van der Waals surface area (Å²) in [5.41, 5.74) is 4.52. The van der Waals surface area contributed by atoms with Gasteiger partial charge in [0.15, 0.2) is 17.5 Å². The Morgan fingerprint density at radius 3 is 2.76 bits per heavy atom. The molecule has 0 saturated carbocycles. The number of hydrogen-bond donors (Lipinski definition) is 2. The summed E-state index contributed by atoms with van der Waals surface area (Å²) in [7, 11) is 1.98. The van der Waals surface area contributed by atoms with Gasteiger partial charge >= 0.3 is 0 Å². The second-order valence-corrected chi connectivity index (χ2v) is 7.44. The van der Waals surface area contributed by atoms with Crippen LogP contribution in [0.5, 0.6) is 11.5 Å². The fourth-order valence-corrected chi connectivity index (χ4v) is 3.59. The lowest BCUT2D eigenvalue weighted by Crippen LogP contribution is -2.43. The zero-order chi connectivity index (χ0) is 20.3. The maximum atomic E-state index is 6.26. The van der Waals surface area contributed by atoms with Gasteiger partial charge in [0.05, 0.1) is 17.3 Å². The molecule has 1 atom stereocenters. The van der Waals surface area contributed by atoms with Crippen LogP contribution < -0.4 is 20.1 Å². The van der Waals surface area contributed by atoms with Crippen LogP contribution in [0.4, 0.5) is 0 Å². The zero-order valence-corrected chi connectivity index (χ0v) is 20.6. The van der Waals surface area contributed by atoms with E-state index in [-0.39, 0.29) is 36.8 Å². The van der Waals surface area contributed by atoms with E-state index in [1.165, 1.54) is 11.3 Å². The summed E-state index contributed by atoms with van der Waals surface area (Å²) in [6.07, 6.45) is 0.881. The standard InChI is InChI=1S/C20H28ClN5O2.HI/c1-6-22-20(24-12(2)7-16-13(3)25-26(5)14(16)4)23-10-15-8-17(21)19-18(9-15)27-11-28-19;/h8-9,12H,6-7,10-11H2,1-5H3,(H2,22,23,24);1H. The van der Waals surface area contributed by atoms with Crippen molar-refractivity contribution in [1.82, 2.24) is 20.4 Å². The summed E-state index contributed by atoms with van der Waals surface area (Å²) in [6.45, 7) is 9.83. The molecule has 0 spiro atoms. The number of guanidine groups is 1. The summed E-state index contributed by atoms with van der Waals surface area (Å²) in [6, 6.07) is 4.00. The van der Waals surface area contributed by atoms with Crippen molar-refractivity contribution in [2.75, 3.05) is 13.3 Å². The molecule has 2 aromatic rings. The summed E-state index contributed by atoms with van der Waals surface area (Å²) >= 11 is 6.26. The van der Waals surface area contributed by atoms with E-state index in [1.54, 1.807) is 0 Å². The molecular weight excluding hydrogens is 505 g/mol. The highest BCUT2D eigenvalue weighted by Gasteiger charge is 2.18. The molecule has 0 bridgehead atoms.